The fraction of sp³-hybridized carbons (Fsp3) is 0.214. The molecule has 2 aromatic rings. The van der Waals surface area contributed by atoms with E-state index in [-0.39, 0.29) is 5.91 Å². The first kappa shape index (κ1) is 14.2. The number of hydrogen-bond donors (Lipinski definition) is 2. The molecule has 3 N–H and O–H groups in total. The van der Waals surface area contributed by atoms with Crippen molar-refractivity contribution in [3.05, 3.63) is 56.2 Å². The number of benzene rings is 1. The van der Waals surface area contributed by atoms with Gasteiger partial charge in [-0.1, -0.05) is 30.3 Å². The SMILES string of the molecule is Cc1sc(C(NCc2ccccc2)C(N)=O)cc1Br. The van der Waals surface area contributed by atoms with Crippen molar-refractivity contribution >= 4 is 33.2 Å². The lowest BCUT2D eigenvalue weighted by molar-refractivity contribution is -0.120. The van der Waals surface area contributed by atoms with Gasteiger partial charge in [0.25, 0.3) is 0 Å². The Kier molecular flexibility index (Phi) is 4.74. The molecule has 0 saturated heterocycles. The van der Waals surface area contributed by atoms with Crippen LogP contribution in [0.25, 0.3) is 0 Å². The van der Waals surface area contributed by atoms with E-state index >= 15 is 0 Å². The zero-order valence-corrected chi connectivity index (χ0v) is 12.9. The lowest BCUT2D eigenvalue weighted by atomic mass is 10.2. The van der Waals surface area contributed by atoms with Crippen LogP contribution in [0.15, 0.2) is 40.9 Å². The Balaban J connectivity index is 2.11. The molecule has 0 radical (unpaired) electrons. The number of nitrogens with two attached hydrogens (primary N) is 1. The molecular weight excluding hydrogens is 324 g/mol. The summed E-state index contributed by atoms with van der Waals surface area (Å²) in [5.74, 6) is -0.357. The summed E-state index contributed by atoms with van der Waals surface area (Å²) in [5, 5.41) is 3.21. The van der Waals surface area contributed by atoms with E-state index < -0.39 is 6.04 Å². The molecule has 3 nitrogen and oxygen atoms in total. The van der Waals surface area contributed by atoms with Crippen LogP contribution < -0.4 is 11.1 Å². The van der Waals surface area contributed by atoms with E-state index in [1.54, 1.807) is 11.3 Å². The molecule has 0 aliphatic rings. The van der Waals surface area contributed by atoms with Crippen LogP contribution in [-0.2, 0) is 11.3 Å². The summed E-state index contributed by atoms with van der Waals surface area (Å²) >= 11 is 5.04. The summed E-state index contributed by atoms with van der Waals surface area (Å²) in [5.41, 5.74) is 6.61. The minimum Gasteiger partial charge on any atom is -0.368 e. The van der Waals surface area contributed by atoms with E-state index in [1.807, 2.05) is 43.3 Å². The molecule has 0 saturated carbocycles. The minimum atomic E-state index is -0.449. The molecule has 0 bridgehead atoms. The predicted molar refractivity (Wildman–Crippen MR) is 82.0 cm³/mol. The third-order valence-corrected chi connectivity index (χ3v) is 5.00. The average Bonchev–Trinajstić information content (AvgIpc) is 2.70. The maximum absolute atomic E-state index is 11.6. The largest absolute Gasteiger partial charge is 0.368 e. The lowest BCUT2D eigenvalue weighted by Crippen LogP contribution is -2.32. The second-order valence-electron chi connectivity index (χ2n) is 4.25. The zero-order chi connectivity index (χ0) is 13.8. The molecule has 1 heterocycles. The maximum Gasteiger partial charge on any atom is 0.240 e. The van der Waals surface area contributed by atoms with Crippen molar-refractivity contribution in [3.8, 4) is 0 Å². The number of primary amides is 1. The summed E-state index contributed by atoms with van der Waals surface area (Å²) in [7, 11) is 0. The van der Waals surface area contributed by atoms with E-state index in [4.69, 9.17) is 5.73 Å². The number of halogens is 1. The second-order valence-corrected chi connectivity index (χ2v) is 6.40. The van der Waals surface area contributed by atoms with E-state index in [0.29, 0.717) is 6.54 Å². The fourth-order valence-electron chi connectivity index (χ4n) is 1.78. The Hall–Kier alpha value is -1.17. The average molecular weight is 339 g/mol. The topological polar surface area (TPSA) is 55.1 Å². The summed E-state index contributed by atoms with van der Waals surface area (Å²) in [6.45, 7) is 2.62. The Morgan fingerprint density at radius 1 is 1.42 bits per heavy atom. The molecule has 1 atom stereocenters. The molecule has 0 spiro atoms. The van der Waals surface area contributed by atoms with Crippen molar-refractivity contribution in [1.29, 1.82) is 0 Å². The Labute approximate surface area is 125 Å². The third kappa shape index (κ3) is 3.65. The normalized spacial score (nSPS) is 12.3. The van der Waals surface area contributed by atoms with Crippen LogP contribution in [-0.4, -0.2) is 5.91 Å². The number of amides is 1. The van der Waals surface area contributed by atoms with Gasteiger partial charge in [-0.25, -0.2) is 0 Å². The molecule has 5 heteroatoms. The summed E-state index contributed by atoms with van der Waals surface area (Å²) in [6.07, 6.45) is 0. The van der Waals surface area contributed by atoms with Crippen molar-refractivity contribution in [3.63, 3.8) is 0 Å². The van der Waals surface area contributed by atoms with E-state index in [9.17, 15) is 4.79 Å². The fourth-order valence-corrected chi connectivity index (χ4v) is 3.43. The number of aryl methyl sites for hydroxylation is 1. The van der Waals surface area contributed by atoms with E-state index in [0.717, 1.165) is 19.8 Å². The van der Waals surface area contributed by atoms with Gasteiger partial charge in [-0.05, 0) is 34.5 Å². The summed E-state index contributed by atoms with van der Waals surface area (Å²) in [4.78, 5) is 13.7. The first-order valence-corrected chi connectivity index (χ1v) is 7.51. The van der Waals surface area contributed by atoms with Gasteiger partial charge in [-0.3, -0.25) is 10.1 Å². The van der Waals surface area contributed by atoms with Crippen molar-refractivity contribution in [2.45, 2.75) is 19.5 Å². The van der Waals surface area contributed by atoms with Gasteiger partial charge in [0.15, 0.2) is 0 Å². The van der Waals surface area contributed by atoms with Crippen LogP contribution in [0.1, 0.15) is 21.4 Å². The highest BCUT2D eigenvalue weighted by molar-refractivity contribution is 9.10. The molecule has 19 heavy (non-hydrogen) atoms. The van der Waals surface area contributed by atoms with Gasteiger partial charge in [0.2, 0.25) is 5.91 Å². The van der Waals surface area contributed by atoms with Crippen molar-refractivity contribution < 1.29 is 4.79 Å². The molecule has 0 aliphatic carbocycles. The van der Waals surface area contributed by atoms with E-state index in [2.05, 4.69) is 21.2 Å². The number of hydrogen-bond acceptors (Lipinski definition) is 3. The highest BCUT2D eigenvalue weighted by Crippen LogP contribution is 2.30. The van der Waals surface area contributed by atoms with Crippen LogP contribution in [0.3, 0.4) is 0 Å². The number of thiophene rings is 1. The predicted octanol–water partition coefficient (Wildman–Crippen LogP) is 3.14. The molecule has 100 valence electrons. The van der Waals surface area contributed by atoms with Crippen LogP contribution in [0.4, 0.5) is 0 Å². The zero-order valence-electron chi connectivity index (χ0n) is 10.5. The van der Waals surface area contributed by atoms with Gasteiger partial charge in [0.1, 0.15) is 6.04 Å². The standard InChI is InChI=1S/C14H15BrN2OS/c1-9-11(15)7-12(19-9)13(14(16)18)17-8-10-5-3-2-4-6-10/h2-7,13,17H,8H2,1H3,(H2,16,18). The van der Waals surface area contributed by atoms with Crippen LogP contribution in [0.5, 0.6) is 0 Å². The quantitative estimate of drug-likeness (QED) is 0.879. The Morgan fingerprint density at radius 2 is 2.11 bits per heavy atom. The summed E-state index contributed by atoms with van der Waals surface area (Å²) in [6, 6.07) is 11.4. The number of nitrogens with one attached hydrogen (secondary N) is 1. The number of carbonyl (C=O) groups excluding carboxylic acids is 1. The molecule has 1 amide bonds. The highest BCUT2D eigenvalue weighted by atomic mass is 79.9. The minimum absolute atomic E-state index is 0.357. The van der Waals surface area contributed by atoms with Crippen molar-refractivity contribution in [2.24, 2.45) is 5.73 Å². The number of carbonyl (C=O) groups is 1. The molecule has 1 aromatic heterocycles. The van der Waals surface area contributed by atoms with Gasteiger partial charge < -0.3 is 5.73 Å². The lowest BCUT2D eigenvalue weighted by Gasteiger charge is -2.13. The first-order chi connectivity index (χ1) is 9.08. The highest BCUT2D eigenvalue weighted by Gasteiger charge is 2.20. The van der Waals surface area contributed by atoms with Gasteiger partial charge in [0, 0.05) is 20.8 Å². The monoisotopic (exact) mass is 338 g/mol. The van der Waals surface area contributed by atoms with Gasteiger partial charge in [-0.15, -0.1) is 11.3 Å². The molecule has 0 fully saturated rings. The second kappa shape index (κ2) is 6.32. The van der Waals surface area contributed by atoms with E-state index in [1.165, 1.54) is 0 Å². The molecule has 2 rings (SSSR count). The third-order valence-electron chi connectivity index (χ3n) is 2.80. The van der Waals surface area contributed by atoms with Crippen LogP contribution in [0, 0.1) is 6.92 Å². The molecule has 1 aromatic carbocycles. The maximum atomic E-state index is 11.6. The summed E-state index contributed by atoms with van der Waals surface area (Å²) < 4.78 is 1.01. The molecular formula is C14H15BrN2OS. The first-order valence-electron chi connectivity index (χ1n) is 5.90. The van der Waals surface area contributed by atoms with Gasteiger partial charge >= 0.3 is 0 Å². The number of rotatable bonds is 5. The molecule has 0 aliphatic heterocycles. The Morgan fingerprint density at radius 3 is 2.63 bits per heavy atom. The van der Waals surface area contributed by atoms with Crippen molar-refractivity contribution in [1.82, 2.24) is 5.32 Å². The van der Waals surface area contributed by atoms with Crippen LogP contribution >= 0.6 is 27.3 Å². The molecule has 1 unspecified atom stereocenters. The van der Waals surface area contributed by atoms with Crippen LogP contribution in [0.2, 0.25) is 0 Å². The van der Waals surface area contributed by atoms with Gasteiger partial charge in [-0.2, -0.15) is 0 Å². The van der Waals surface area contributed by atoms with Crippen molar-refractivity contribution in [2.75, 3.05) is 0 Å². The van der Waals surface area contributed by atoms with Gasteiger partial charge in [0.05, 0.1) is 0 Å². The smallest absolute Gasteiger partial charge is 0.240 e. The Bertz CT molecular complexity index is 549.